The van der Waals surface area contributed by atoms with Crippen LogP contribution in [0.25, 0.3) is 0 Å². The van der Waals surface area contributed by atoms with Gasteiger partial charge in [0.25, 0.3) is 0 Å². The molecule has 0 aromatic heterocycles. The van der Waals surface area contributed by atoms with Gasteiger partial charge in [-0.15, -0.1) is 0 Å². The lowest BCUT2D eigenvalue weighted by atomic mass is 10.1. The Kier molecular flexibility index (Phi) is 3.24. The smallest absolute Gasteiger partial charge is 0.217 e. The van der Waals surface area contributed by atoms with Crippen molar-refractivity contribution in [2.75, 3.05) is 0 Å². The van der Waals surface area contributed by atoms with Crippen molar-refractivity contribution in [2.45, 2.75) is 19.8 Å². The van der Waals surface area contributed by atoms with Crippen LogP contribution < -0.4 is 5.73 Å². The van der Waals surface area contributed by atoms with Gasteiger partial charge in [-0.05, 0) is 5.92 Å². The summed E-state index contributed by atoms with van der Waals surface area (Å²) in [5.41, 5.74) is 4.90. The first-order valence-electron chi connectivity index (χ1n) is 2.74. The lowest BCUT2D eigenvalue weighted by molar-refractivity contribution is -0.118. The molecule has 2 N–H and O–H groups in total. The van der Waals surface area contributed by atoms with Gasteiger partial charge in [0.2, 0.25) is 5.91 Å². The predicted molar refractivity (Wildman–Crippen MR) is 32.9 cm³/mol. The number of hydrogen-bond acceptors (Lipinski definition) is 1. The molecule has 0 aromatic carbocycles. The van der Waals surface area contributed by atoms with Gasteiger partial charge in [0.15, 0.2) is 0 Å². The molecule has 1 atom stereocenters. The van der Waals surface area contributed by atoms with Crippen LogP contribution >= 0.6 is 0 Å². The number of nitrogens with two attached hydrogens (primary N) is 1. The standard InChI is InChI=1S/C6H12NO/c1-3-5(2)4-6(7)8/h5H,1,3-4H2,2H3,(H2,7,8). The Hall–Kier alpha value is -0.530. The largest absolute Gasteiger partial charge is 0.370 e. The van der Waals surface area contributed by atoms with Crippen molar-refractivity contribution in [1.29, 1.82) is 0 Å². The van der Waals surface area contributed by atoms with Crippen molar-refractivity contribution in [1.82, 2.24) is 0 Å². The molecule has 0 aliphatic rings. The van der Waals surface area contributed by atoms with E-state index in [4.69, 9.17) is 5.73 Å². The fraction of sp³-hybridized carbons (Fsp3) is 0.667. The van der Waals surface area contributed by atoms with Crippen LogP contribution in [0, 0.1) is 12.8 Å². The van der Waals surface area contributed by atoms with E-state index in [0.29, 0.717) is 12.3 Å². The zero-order valence-electron chi connectivity index (χ0n) is 5.18. The Morgan fingerprint density at radius 2 is 2.38 bits per heavy atom. The lowest BCUT2D eigenvalue weighted by Gasteiger charge is -2.01. The molecular weight excluding hydrogens is 102 g/mol. The second kappa shape index (κ2) is 3.47. The summed E-state index contributed by atoms with van der Waals surface area (Å²) >= 11 is 0. The molecule has 47 valence electrons. The van der Waals surface area contributed by atoms with Crippen LogP contribution in [0.15, 0.2) is 0 Å². The molecule has 8 heavy (non-hydrogen) atoms. The molecule has 0 aliphatic carbocycles. The molecule has 1 amide bonds. The number of primary amides is 1. The van der Waals surface area contributed by atoms with Crippen LogP contribution in [-0.2, 0) is 4.79 Å². The van der Waals surface area contributed by atoms with Crippen LogP contribution in [0.3, 0.4) is 0 Å². The molecule has 1 radical (unpaired) electrons. The van der Waals surface area contributed by atoms with Gasteiger partial charge < -0.3 is 5.73 Å². The van der Waals surface area contributed by atoms with Crippen molar-refractivity contribution in [3.8, 4) is 0 Å². The number of amides is 1. The molecule has 0 heterocycles. The van der Waals surface area contributed by atoms with E-state index in [9.17, 15) is 4.79 Å². The molecule has 0 rings (SSSR count). The molecule has 1 unspecified atom stereocenters. The molecule has 0 aromatic rings. The van der Waals surface area contributed by atoms with Gasteiger partial charge in [0, 0.05) is 6.42 Å². The van der Waals surface area contributed by atoms with E-state index in [1.165, 1.54) is 0 Å². The highest BCUT2D eigenvalue weighted by Gasteiger charge is 2.00. The Morgan fingerprint density at radius 1 is 1.88 bits per heavy atom. The molecule has 0 aliphatic heterocycles. The van der Waals surface area contributed by atoms with E-state index < -0.39 is 0 Å². The predicted octanol–water partition coefficient (Wildman–Crippen LogP) is 0.722. The van der Waals surface area contributed by atoms with Crippen LogP contribution in [-0.4, -0.2) is 5.91 Å². The maximum Gasteiger partial charge on any atom is 0.217 e. The summed E-state index contributed by atoms with van der Waals surface area (Å²) in [7, 11) is 0. The van der Waals surface area contributed by atoms with Gasteiger partial charge in [-0.25, -0.2) is 0 Å². The van der Waals surface area contributed by atoms with Crippen LogP contribution in [0.2, 0.25) is 0 Å². The maximum absolute atomic E-state index is 10.2. The van der Waals surface area contributed by atoms with E-state index in [2.05, 4.69) is 6.92 Å². The van der Waals surface area contributed by atoms with E-state index in [1.807, 2.05) is 6.92 Å². The van der Waals surface area contributed by atoms with E-state index in [-0.39, 0.29) is 5.91 Å². The van der Waals surface area contributed by atoms with Gasteiger partial charge in [0.05, 0.1) is 0 Å². The molecule has 0 fully saturated rings. The highest BCUT2D eigenvalue weighted by molar-refractivity contribution is 5.73. The van der Waals surface area contributed by atoms with Gasteiger partial charge >= 0.3 is 0 Å². The SMILES string of the molecule is [CH2]CC(C)CC(N)=O. The molecule has 0 bridgehead atoms. The van der Waals surface area contributed by atoms with Crippen molar-refractivity contribution in [3.63, 3.8) is 0 Å². The van der Waals surface area contributed by atoms with Crippen molar-refractivity contribution in [2.24, 2.45) is 11.7 Å². The zero-order chi connectivity index (χ0) is 6.57. The molecule has 0 spiro atoms. The third-order valence-electron chi connectivity index (χ3n) is 1.04. The summed E-state index contributed by atoms with van der Waals surface area (Å²) in [6, 6.07) is 0. The maximum atomic E-state index is 10.2. The minimum absolute atomic E-state index is 0.235. The van der Waals surface area contributed by atoms with E-state index >= 15 is 0 Å². The van der Waals surface area contributed by atoms with Crippen molar-refractivity contribution >= 4 is 5.91 Å². The Balaban J connectivity index is 3.24. The van der Waals surface area contributed by atoms with Crippen LogP contribution in [0.5, 0.6) is 0 Å². The third kappa shape index (κ3) is 3.65. The number of carbonyl (C=O) groups excluding carboxylic acids is 1. The molecule has 0 saturated heterocycles. The summed E-state index contributed by atoms with van der Waals surface area (Å²) < 4.78 is 0. The zero-order valence-corrected chi connectivity index (χ0v) is 5.18. The summed E-state index contributed by atoms with van der Waals surface area (Å²) in [5, 5.41) is 0. The number of carbonyl (C=O) groups is 1. The number of rotatable bonds is 3. The van der Waals surface area contributed by atoms with Crippen LogP contribution in [0.1, 0.15) is 19.8 Å². The fourth-order valence-corrected chi connectivity index (χ4v) is 0.446. The highest BCUT2D eigenvalue weighted by atomic mass is 16.1. The Labute approximate surface area is 50.1 Å². The monoisotopic (exact) mass is 114 g/mol. The minimum atomic E-state index is -0.235. The second-order valence-electron chi connectivity index (χ2n) is 2.06. The topological polar surface area (TPSA) is 43.1 Å². The number of hydrogen-bond donors (Lipinski definition) is 1. The Bertz CT molecular complexity index is 80.6. The molecular formula is C6H12NO. The van der Waals surface area contributed by atoms with Crippen molar-refractivity contribution in [3.05, 3.63) is 6.92 Å². The van der Waals surface area contributed by atoms with Crippen molar-refractivity contribution < 1.29 is 4.79 Å². The third-order valence-corrected chi connectivity index (χ3v) is 1.04. The van der Waals surface area contributed by atoms with Crippen LogP contribution in [0.4, 0.5) is 0 Å². The minimum Gasteiger partial charge on any atom is -0.370 e. The molecule has 0 saturated carbocycles. The first kappa shape index (κ1) is 7.47. The quantitative estimate of drug-likeness (QED) is 0.577. The summed E-state index contributed by atoms with van der Waals surface area (Å²) in [5.74, 6) is 0.105. The molecule has 2 heteroatoms. The average Bonchev–Trinajstić information content (AvgIpc) is 1.65. The summed E-state index contributed by atoms with van der Waals surface area (Å²) in [6.45, 7) is 5.59. The first-order valence-corrected chi connectivity index (χ1v) is 2.74. The Morgan fingerprint density at radius 3 is 2.50 bits per heavy atom. The van der Waals surface area contributed by atoms with Gasteiger partial charge in [-0.1, -0.05) is 20.3 Å². The lowest BCUT2D eigenvalue weighted by Crippen LogP contribution is -2.13. The molecule has 2 nitrogen and oxygen atoms in total. The van der Waals surface area contributed by atoms with Gasteiger partial charge in [-0.3, -0.25) is 4.79 Å². The summed E-state index contributed by atoms with van der Waals surface area (Å²) in [6.07, 6.45) is 1.24. The average molecular weight is 114 g/mol. The highest BCUT2D eigenvalue weighted by Crippen LogP contribution is 2.03. The fourth-order valence-electron chi connectivity index (χ4n) is 0.446. The van der Waals surface area contributed by atoms with E-state index in [0.717, 1.165) is 6.42 Å². The van der Waals surface area contributed by atoms with Gasteiger partial charge in [0.1, 0.15) is 0 Å². The van der Waals surface area contributed by atoms with E-state index in [1.54, 1.807) is 0 Å². The summed E-state index contributed by atoms with van der Waals surface area (Å²) in [4.78, 5) is 10.2. The first-order chi connectivity index (χ1) is 3.66. The normalized spacial score (nSPS) is 13.2. The second-order valence-corrected chi connectivity index (χ2v) is 2.06. The van der Waals surface area contributed by atoms with Gasteiger partial charge in [-0.2, -0.15) is 0 Å².